The maximum atomic E-state index is 11.2. The van der Waals surface area contributed by atoms with Gasteiger partial charge in [-0.05, 0) is 76.2 Å². The minimum atomic E-state index is -0.316. The smallest absolute Gasteiger partial charge is 0.399 e. The molecule has 0 atom stereocenters. The van der Waals surface area contributed by atoms with Crippen molar-refractivity contribution in [3.05, 3.63) is 34.7 Å². The summed E-state index contributed by atoms with van der Waals surface area (Å²) >= 11 is 0. The molecule has 29 heavy (non-hydrogen) atoms. The molecular formula is C22H33BN2O4. The monoisotopic (exact) mass is 400 g/mol. The number of carbonyl (C=O) groups excluding carboxylic acids is 1. The van der Waals surface area contributed by atoms with Crippen LogP contribution in [0, 0.1) is 10.8 Å². The minimum absolute atomic E-state index is 0.00463. The van der Waals surface area contributed by atoms with Crippen molar-refractivity contribution in [1.82, 2.24) is 5.32 Å². The van der Waals surface area contributed by atoms with E-state index in [2.05, 4.69) is 62.5 Å². The number of nitroso groups, excluding NO2 is 1. The molecule has 2 saturated carbocycles. The normalized spacial score (nSPS) is 29.3. The number of amides is 1. The maximum Gasteiger partial charge on any atom is 0.494 e. The Kier molecular flexibility index (Phi) is 5.94. The van der Waals surface area contributed by atoms with Crippen LogP contribution < -0.4 is 10.8 Å². The predicted octanol–water partition coefficient (Wildman–Crippen LogP) is 3.53. The quantitative estimate of drug-likeness (QED) is 0.620. The first-order chi connectivity index (χ1) is 13.5. The average Bonchev–Trinajstić information content (AvgIpc) is 3.43. The number of hydrogen-bond donors (Lipinski definition) is 1. The van der Waals surface area contributed by atoms with Crippen molar-refractivity contribution in [2.45, 2.75) is 83.0 Å². The van der Waals surface area contributed by atoms with Crippen LogP contribution in [0.25, 0.3) is 0 Å². The van der Waals surface area contributed by atoms with Gasteiger partial charge >= 0.3 is 7.12 Å². The van der Waals surface area contributed by atoms with Crippen molar-refractivity contribution in [3.63, 3.8) is 0 Å². The van der Waals surface area contributed by atoms with Crippen LogP contribution >= 0.6 is 0 Å². The Bertz CT molecular complexity index is 737. The van der Waals surface area contributed by atoms with Crippen LogP contribution in [0.5, 0.6) is 0 Å². The molecule has 1 aliphatic heterocycles. The third kappa shape index (κ3) is 4.41. The molecule has 2 aliphatic carbocycles. The first kappa shape index (κ1) is 22.0. The van der Waals surface area contributed by atoms with Gasteiger partial charge in [0.25, 0.3) is 0 Å². The Morgan fingerprint density at radius 1 is 1.07 bits per heavy atom. The maximum absolute atomic E-state index is 11.2. The van der Waals surface area contributed by atoms with Gasteiger partial charge in [-0.1, -0.05) is 29.4 Å². The van der Waals surface area contributed by atoms with E-state index in [0.717, 1.165) is 18.3 Å². The van der Waals surface area contributed by atoms with Gasteiger partial charge in [0, 0.05) is 14.0 Å². The first-order valence-corrected chi connectivity index (χ1v) is 10.5. The molecule has 4 rings (SSSR count). The molecule has 158 valence electrons. The summed E-state index contributed by atoms with van der Waals surface area (Å²) in [5.41, 5.74) is 1.47. The highest BCUT2D eigenvalue weighted by Gasteiger charge is 2.56. The summed E-state index contributed by atoms with van der Waals surface area (Å²) in [6.07, 6.45) is 4.19. The molecule has 7 heteroatoms. The predicted molar refractivity (Wildman–Crippen MR) is 115 cm³/mol. The Balaban J connectivity index is 0.000000431. The van der Waals surface area contributed by atoms with Gasteiger partial charge in [0.05, 0.1) is 11.2 Å². The molecule has 1 N–H and O–H groups in total. The van der Waals surface area contributed by atoms with Crippen LogP contribution in [-0.4, -0.2) is 36.8 Å². The lowest BCUT2D eigenvalue weighted by atomic mass is 9.63. The number of hydrogen-bond acceptors (Lipinski definition) is 5. The van der Waals surface area contributed by atoms with E-state index in [1.54, 1.807) is 7.05 Å². The van der Waals surface area contributed by atoms with E-state index in [9.17, 15) is 9.70 Å². The van der Waals surface area contributed by atoms with Crippen molar-refractivity contribution in [3.8, 4) is 0 Å². The highest BCUT2D eigenvalue weighted by Crippen LogP contribution is 2.58. The van der Waals surface area contributed by atoms with Gasteiger partial charge in [0.15, 0.2) is 0 Å². The van der Waals surface area contributed by atoms with E-state index in [4.69, 9.17) is 9.31 Å². The van der Waals surface area contributed by atoms with Gasteiger partial charge in [0.1, 0.15) is 5.54 Å². The molecule has 0 spiro atoms. The number of benzene rings is 1. The fraction of sp³-hybridized carbons (Fsp3) is 0.682. The summed E-state index contributed by atoms with van der Waals surface area (Å²) < 4.78 is 12.2. The second-order valence-corrected chi connectivity index (χ2v) is 9.64. The van der Waals surface area contributed by atoms with E-state index in [-0.39, 0.29) is 29.8 Å². The van der Waals surface area contributed by atoms with Crippen LogP contribution in [0.2, 0.25) is 0 Å². The lowest BCUT2D eigenvalue weighted by Gasteiger charge is -2.43. The summed E-state index contributed by atoms with van der Waals surface area (Å²) in [6.45, 7) is 9.75. The third-order valence-corrected chi connectivity index (χ3v) is 7.00. The van der Waals surface area contributed by atoms with Crippen molar-refractivity contribution in [2.24, 2.45) is 11.1 Å². The summed E-state index contributed by atoms with van der Waals surface area (Å²) in [6, 6.07) is 8.52. The third-order valence-electron chi connectivity index (χ3n) is 7.00. The van der Waals surface area contributed by atoms with Gasteiger partial charge in [-0.15, -0.1) is 0 Å². The fourth-order valence-electron chi connectivity index (χ4n) is 4.04. The molecule has 1 amide bonds. The van der Waals surface area contributed by atoms with Crippen molar-refractivity contribution in [1.29, 1.82) is 0 Å². The molecule has 0 radical (unpaired) electrons. The van der Waals surface area contributed by atoms with Crippen LogP contribution in [0.4, 0.5) is 0 Å². The topological polar surface area (TPSA) is 77.0 Å². The summed E-state index contributed by atoms with van der Waals surface area (Å²) in [7, 11) is 1.29. The van der Waals surface area contributed by atoms with E-state index in [1.165, 1.54) is 25.3 Å². The molecule has 1 heterocycles. The molecule has 0 aromatic heterocycles. The molecular weight excluding hydrogens is 367 g/mol. The Morgan fingerprint density at radius 2 is 1.55 bits per heavy atom. The largest absolute Gasteiger partial charge is 0.494 e. The Labute approximate surface area is 174 Å². The lowest BCUT2D eigenvalue weighted by molar-refractivity contribution is -0.118. The zero-order chi connectivity index (χ0) is 21.4. The van der Waals surface area contributed by atoms with Crippen molar-refractivity contribution in [2.75, 3.05) is 7.05 Å². The van der Waals surface area contributed by atoms with Crippen molar-refractivity contribution < 1.29 is 14.1 Å². The zero-order valence-electron chi connectivity index (χ0n) is 18.5. The average molecular weight is 400 g/mol. The van der Waals surface area contributed by atoms with Gasteiger partial charge in [-0.25, -0.2) is 0 Å². The summed E-state index contributed by atoms with van der Waals surface area (Å²) in [5, 5.41) is 5.87. The summed E-state index contributed by atoms with van der Waals surface area (Å²) in [4.78, 5) is 20.9. The molecule has 3 fully saturated rings. The molecule has 1 aromatic rings. The zero-order valence-corrected chi connectivity index (χ0v) is 18.5. The van der Waals surface area contributed by atoms with Gasteiger partial charge in [-0.2, -0.15) is 4.91 Å². The standard InChI is InChI=1S/C19H26BNO3.C3H7NO/c1-17(2)18(3,4)24-20(23-17)16-9-5-13(6-10-16)14-11-19(12-14,21-22)15-7-8-15;1-3(5)4-2/h5-6,9-10,14-15H,7-8,11-12H2,1-4H3;1-2H3,(H,4,5). The van der Waals surface area contributed by atoms with E-state index >= 15 is 0 Å². The van der Waals surface area contributed by atoms with E-state index < -0.39 is 0 Å². The minimum Gasteiger partial charge on any atom is -0.399 e. The van der Waals surface area contributed by atoms with Gasteiger partial charge in [-0.3, -0.25) is 4.79 Å². The molecule has 6 nitrogen and oxygen atoms in total. The van der Waals surface area contributed by atoms with Crippen LogP contribution in [-0.2, 0) is 14.1 Å². The highest BCUT2D eigenvalue weighted by atomic mass is 16.7. The molecule has 1 saturated heterocycles. The van der Waals surface area contributed by atoms with Crippen molar-refractivity contribution >= 4 is 18.5 Å². The van der Waals surface area contributed by atoms with Crippen LogP contribution in [0.3, 0.4) is 0 Å². The van der Waals surface area contributed by atoms with E-state index in [1.807, 2.05) is 0 Å². The number of carbonyl (C=O) groups is 1. The van der Waals surface area contributed by atoms with E-state index in [0.29, 0.717) is 11.8 Å². The fourth-order valence-corrected chi connectivity index (χ4v) is 4.04. The van der Waals surface area contributed by atoms with Crippen LogP contribution in [0.15, 0.2) is 29.4 Å². The highest BCUT2D eigenvalue weighted by molar-refractivity contribution is 6.62. The molecule has 1 aromatic carbocycles. The number of nitrogens with one attached hydrogen (secondary N) is 1. The molecule has 0 bridgehead atoms. The molecule has 0 unspecified atom stereocenters. The second kappa shape index (κ2) is 7.84. The number of nitrogens with zero attached hydrogens (tertiary/aromatic N) is 1. The van der Waals surface area contributed by atoms with Gasteiger partial charge in [0.2, 0.25) is 5.91 Å². The lowest BCUT2D eigenvalue weighted by Crippen LogP contribution is -2.42. The second-order valence-electron chi connectivity index (χ2n) is 9.64. The molecule has 3 aliphatic rings. The first-order valence-electron chi connectivity index (χ1n) is 10.5. The van der Waals surface area contributed by atoms with Gasteiger partial charge < -0.3 is 14.6 Å². The van der Waals surface area contributed by atoms with Crippen LogP contribution in [0.1, 0.15) is 71.8 Å². The number of rotatable bonds is 4. The summed E-state index contributed by atoms with van der Waals surface area (Å²) in [5.74, 6) is 1.02. The Morgan fingerprint density at radius 3 is 1.93 bits per heavy atom. The Hall–Kier alpha value is -1.73. The SMILES string of the molecule is CC1(C)OB(c2ccc(C3CC(N=O)(C4CC4)C3)cc2)OC1(C)C.CNC(C)=O.